The Balaban J connectivity index is 1.88. The number of anilines is 1. The van der Waals surface area contributed by atoms with Crippen LogP contribution in [0.2, 0.25) is 0 Å². The summed E-state index contributed by atoms with van der Waals surface area (Å²) in [5.41, 5.74) is 0.891. The smallest absolute Gasteiger partial charge is 0.221 e. The molecular formula is C14H22N2O2S. The Labute approximate surface area is 118 Å². The first-order valence-electron chi connectivity index (χ1n) is 6.67. The van der Waals surface area contributed by atoms with Gasteiger partial charge < -0.3 is 15.4 Å². The van der Waals surface area contributed by atoms with E-state index in [1.54, 1.807) is 11.3 Å². The molecule has 2 N–H and O–H groups in total. The van der Waals surface area contributed by atoms with Crippen LogP contribution in [0.5, 0.6) is 0 Å². The second kappa shape index (κ2) is 6.03. The highest BCUT2D eigenvalue weighted by atomic mass is 32.1. The average molecular weight is 282 g/mol. The Hall–Kier alpha value is -0.910. The van der Waals surface area contributed by atoms with Gasteiger partial charge in [-0.2, -0.15) is 0 Å². The summed E-state index contributed by atoms with van der Waals surface area (Å²) < 4.78 is 5.71. The quantitative estimate of drug-likeness (QED) is 0.893. The first kappa shape index (κ1) is 14.5. The van der Waals surface area contributed by atoms with E-state index < -0.39 is 0 Å². The highest BCUT2D eigenvalue weighted by Gasteiger charge is 2.28. The van der Waals surface area contributed by atoms with Gasteiger partial charge in [-0.05, 0) is 38.1 Å². The highest BCUT2D eigenvalue weighted by Crippen LogP contribution is 2.26. The minimum Gasteiger partial charge on any atom is -0.375 e. The van der Waals surface area contributed by atoms with Crippen LogP contribution in [-0.4, -0.2) is 24.2 Å². The maximum absolute atomic E-state index is 11.1. The van der Waals surface area contributed by atoms with Crippen LogP contribution in [0.1, 0.15) is 38.5 Å². The van der Waals surface area contributed by atoms with Gasteiger partial charge in [0.15, 0.2) is 0 Å². The number of rotatable bonds is 4. The molecule has 1 aliphatic rings. The Morgan fingerprint density at radius 3 is 3.05 bits per heavy atom. The summed E-state index contributed by atoms with van der Waals surface area (Å²) in [7, 11) is 0. The summed E-state index contributed by atoms with van der Waals surface area (Å²) in [6, 6.07) is 2.44. The normalized spacial score (nSPS) is 22.2. The van der Waals surface area contributed by atoms with Gasteiger partial charge in [-0.25, -0.2) is 0 Å². The van der Waals surface area contributed by atoms with Crippen LogP contribution in [-0.2, 0) is 16.1 Å². The molecule has 106 valence electrons. The van der Waals surface area contributed by atoms with Crippen LogP contribution in [0.15, 0.2) is 11.4 Å². The summed E-state index contributed by atoms with van der Waals surface area (Å²) in [5.74, 6) is -0.0214. The van der Waals surface area contributed by atoms with E-state index in [9.17, 15) is 4.79 Å². The number of carbonyl (C=O) groups is 1. The molecule has 0 spiro atoms. The van der Waals surface area contributed by atoms with E-state index in [0.29, 0.717) is 6.04 Å². The van der Waals surface area contributed by atoms with Crippen LogP contribution >= 0.6 is 11.3 Å². The van der Waals surface area contributed by atoms with E-state index in [0.717, 1.165) is 31.7 Å². The molecule has 0 saturated carbocycles. The molecule has 4 nitrogen and oxygen atoms in total. The number of carbonyl (C=O) groups excluding carboxylic acids is 1. The Morgan fingerprint density at radius 2 is 2.37 bits per heavy atom. The first-order chi connectivity index (χ1) is 8.96. The molecule has 0 bridgehead atoms. The zero-order valence-electron chi connectivity index (χ0n) is 11.8. The first-order valence-corrected chi connectivity index (χ1v) is 7.55. The van der Waals surface area contributed by atoms with Gasteiger partial charge in [0.25, 0.3) is 0 Å². The maximum Gasteiger partial charge on any atom is 0.221 e. The average Bonchev–Trinajstić information content (AvgIpc) is 2.71. The van der Waals surface area contributed by atoms with Crippen molar-refractivity contribution in [3.05, 3.63) is 16.3 Å². The van der Waals surface area contributed by atoms with Gasteiger partial charge in [0, 0.05) is 31.0 Å². The molecule has 1 aliphatic heterocycles. The summed E-state index contributed by atoms with van der Waals surface area (Å²) in [4.78, 5) is 12.3. The largest absolute Gasteiger partial charge is 0.375 e. The lowest BCUT2D eigenvalue weighted by Crippen LogP contribution is -2.43. The molecule has 1 aromatic heterocycles. The molecule has 5 heteroatoms. The maximum atomic E-state index is 11.1. The summed E-state index contributed by atoms with van der Waals surface area (Å²) in [5, 5.41) is 8.45. The summed E-state index contributed by atoms with van der Waals surface area (Å²) >= 11 is 1.67. The van der Waals surface area contributed by atoms with Gasteiger partial charge in [0.2, 0.25) is 5.91 Å². The van der Waals surface area contributed by atoms with Gasteiger partial charge in [-0.3, -0.25) is 4.79 Å². The van der Waals surface area contributed by atoms with Gasteiger partial charge >= 0.3 is 0 Å². The second-order valence-electron chi connectivity index (χ2n) is 5.62. The third-order valence-electron chi connectivity index (χ3n) is 3.30. The van der Waals surface area contributed by atoms with Crippen molar-refractivity contribution in [2.75, 3.05) is 11.9 Å². The van der Waals surface area contributed by atoms with Crippen LogP contribution in [0.25, 0.3) is 0 Å². The molecule has 1 unspecified atom stereocenters. The topological polar surface area (TPSA) is 50.4 Å². The standard InChI is InChI=1S/C14H22N2O2S/c1-10(17)16-12-5-7-19-13(12)9-15-11-4-6-18-14(2,3)8-11/h5,7,11,15H,4,6,8-9H2,1-3H3,(H,16,17). The van der Waals surface area contributed by atoms with Crippen molar-refractivity contribution in [2.45, 2.75) is 51.8 Å². The van der Waals surface area contributed by atoms with E-state index >= 15 is 0 Å². The van der Waals surface area contributed by atoms with Gasteiger partial charge in [0.1, 0.15) is 0 Å². The molecule has 0 aromatic carbocycles. The van der Waals surface area contributed by atoms with Crippen LogP contribution in [0, 0.1) is 0 Å². The van der Waals surface area contributed by atoms with Crippen LogP contribution < -0.4 is 10.6 Å². The zero-order chi connectivity index (χ0) is 13.9. The van der Waals surface area contributed by atoms with Gasteiger partial charge in [-0.1, -0.05) is 0 Å². The molecule has 19 heavy (non-hydrogen) atoms. The number of amides is 1. The van der Waals surface area contributed by atoms with Crippen molar-refractivity contribution in [2.24, 2.45) is 0 Å². The fourth-order valence-corrected chi connectivity index (χ4v) is 3.20. The molecular weight excluding hydrogens is 260 g/mol. The van der Waals surface area contributed by atoms with Crippen molar-refractivity contribution in [3.8, 4) is 0 Å². The van der Waals surface area contributed by atoms with E-state index in [4.69, 9.17) is 4.74 Å². The van der Waals surface area contributed by atoms with E-state index in [2.05, 4.69) is 24.5 Å². The van der Waals surface area contributed by atoms with E-state index in [1.807, 2.05) is 11.4 Å². The summed E-state index contributed by atoms with van der Waals surface area (Å²) in [6.07, 6.45) is 2.07. The molecule has 1 fully saturated rings. The van der Waals surface area contributed by atoms with Gasteiger partial charge in [-0.15, -0.1) is 11.3 Å². The lowest BCUT2D eigenvalue weighted by Gasteiger charge is -2.36. The van der Waals surface area contributed by atoms with Crippen molar-refractivity contribution in [1.82, 2.24) is 5.32 Å². The van der Waals surface area contributed by atoms with Crippen LogP contribution in [0.3, 0.4) is 0 Å². The molecule has 0 radical (unpaired) electrons. The predicted octanol–water partition coefficient (Wildman–Crippen LogP) is 2.75. The second-order valence-corrected chi connectivity index (χ2v) is 6.62. The molecule has 2 rings (SSSR count). The number of hydrogen-bond donors (Lipinski definition) is 2. The van der Waals surface area contributed by atoms with Crippen molar-refractivity contribution >= 4 is 22.9 Å². The third-order valence-corrected chi connectivity index (χ3v) is 4.23. The third kappa shape index (κ3) is 4.30. The van der Waals surface area contributed by atoms with Crippen molar-refractivity contribution in [1.29, 1.82) is 0 Å². The van der Waals surface area contributed by atoms with E-state index in [-0.39, 0.29) is 11.5 Å². The molecule has 1 aromatic rings. The lowest BCUT2D eigenvalue weighted by atomic mass is 9.94. The van der Waals surface area contributed by atoms with Gasteiger partial charge in [0.05, 0.1) is 11.3 Å². The molecule has 2 heterocycles. The van der Waals surface area contributed by atoms with Crippen molar-refractivity contribution in [3.63, 3.8) is 0 Å². The molecule has 1 amide bonds. The molecule has 1 saturated heterocycles. The fourth-order valence-electron chi connectivity index (χ4n) is 2.42. The van der Waals surface area contributed by atoms with E-state index in [1.165, 1.54) is 11.8 Å². The Bertz CT molecular complexity index is 442. The van der Waals surface area contributed by atoms with Crippen molar-refractivity contribution < 1.29 is 9.53 Å². The number of hydrogen-bond acceptors (Lipinski definition) is 4. The van der Waals surface area contributed by atoms with Crippen LogP contribution in [0.4, 0.5) is 5.69 Å². The minimum absolute atomic E-state index is 0.0214. The molecule has 1 atom stereocenters. The Morgan fingerprint density at radius 1 is 1.58 bits per heavy atom. The number of thiophene rings is 1. The number of nitrogens with one attached hydrogen (secondary N) is 2. The lowest BCUT2D eigenvalue weighted by molar-refractivity contribution is -0.114. The zero-order valence-corrected chi connectivity index (χ0v) is 12.6. The Kier molecular flexibility index (Phi) is 4.60. The number of ether oxygens (including phenoxy) is 1. The summed E-state index contributed by atoms with van der Waals surface area (Å²) in [6.45, 7) is 7.42. The fraction of sp³-hybridized carbons (Fsp3) is 0.643. The molecule has 0 aliphatic carbocycles. The highest BCUT2D eigenvalue weighted by molar-refractivity contribution is 7.10. The minimum atomic E-state index is -0.0359. The predicted molar refractivity (Wildman–Crippen MR) is 78.5 cm³/mol. The SMILES string of the molecule is CC(=O)Nc1ccsc1CNC1CCOC(C)(C)C1. The monoisotopic (exact) mass is 282 g/mol.